The normalized spacial score (nSPS) is 47.5. The van der Waals surface area contributed by atoms with Crippen molar-refractivity contribution >= 4 is 0 Å². The third kappa shape index (κ3) is 0.891. The van der Waals surface area contributed by atoms with Gasteiger partial charge in [-0.15, -0.1) is 6.58 Å². The Hall–Kier alpha value is -0.300. The van der Waals surface area contributed by atoms with Crippen molar-refractivity contribution in [3.05, 3.63) is 12.7 Å². The Bertz CT molecular complexity index is 149. The molecule has 1 nitrogen and oxygen atoms in total. The first-order chi connectivity index (χ1) is 4.52. The Morgan fingerprint density at radius 3 is 2.20 bits per heavy atom. The summed E-state index contributed by atoms with van der Waals surface area (Å²) in [6.07, 6.45) is 4.99. The molecule has 2 unspecified atom stereocenters. The molecule has 0 spiro atoms. The lowest BCUT2D eigenvalue weighted by Crippen LogP contribution is -2.36. The molecule has 1 N–H and O–H groups in total. The largest absolute Gasteiger partial charge is 0.389 e. The van der Waals surface area contributed by atoms with E-state index in [1.165, 1.54) is 0 Å². The van der Waals surface area contributed by atoms with Gasteiger partial charge in [0, 0.05) is 5.41 Å². The number of hydrogen-bond acceptors (Lipinski definition) is 1. The minimum absolute atomic E-state index is 0.0486. The van der Waals surface area contributed by atoms with Crippen LogP contribution in [0.3, 0.4) is 0 Å². The maximum absolute atomic E-state index is 9.84. The van der Waals surface area contributed by atoms with Crippen LogP contribution in [0.25, 0.3) is 0 Å². The molecular weight excluding hydrogens is 124 g/mol. The van der Waals surface area contributed by atoms with Crippen LogP contribution in [-0.2, 0) is 0 Å². The fourth-order valence-electron chi connectivity index (χ4n) is 1.68. The summed E-state index contributed by atoms with van der Waals surface area (Å²) in [7, 11) is 0. The number of rotatable bonds is 1. The van der Waals surface area contributed by atoms with E-state index in [1.807, 2.05) is 13.0 Å². The van der Waals surface area contributed by atoms with E-state index in [4.69, 9.17) is 0 Å². The standard InChI is InChI=1S/C9H16O/c1-4-8(2)6-5-7-9(8,3)10/h4,10H,1,5-7H2,2-3H3. The second kappa shape index (κ2) is 2.09. The second-order valence-electron chi connectivity index (χ2n) is 3.75. The smallest absolute Gasteiger partial charge is 0.0707 e. The highest BCUT2D eigenvalue weighted by Crippen LogP contribution is 2.46. The molecule has 0 heterocycles. The quantitative estimate of drug-likeness (QED) is 0.553. The lowest BCUT2D eigenvalue weighted by Gasteiger charge is -2.33. The lowest BCUT2D eigenvalue weighted by molar-refractivity contribution is -0.00909. The van der Waals surface area contributed by atoms with Crippen molar-refractivity contribution in [2.75, 3.05) is 0 Å². The van der Waals surface area contributed by atoms with Crippen LogP contribution in [0.1, 0.15) is 33.1 Å². The average Bonchev–Trinajstić information content (AvgIpc) is 2.10. The van der Waals surface area contributed by atoms with E-state index in [1.54, 1.807) is 0 Å². The van der Waals surface area contributed by atoms with Gasteiger partial charge in [0.1, 0.15) is 0 Å². The van der Waals surface area contributed by atoms with E-state index in [9.17, 15) is 5.11 Å². The van der Waals surface area contributed by atoms with Gasteiger partial charge in [0.15, 0.2) is 0 Å². The van der Waals surface area contributed by atoms with Gasteiger partial charge in [-0.1, -0.05) is 13.0 Å². The zero-order valence-corrected chi connectivity index (χ0v) is 6.85. The predicted octanol–water partition coefficient (Wildman–Crippen LogP) is 2.11. The van der Waals surface area contributed by atoms with Crippen LogP contribution in [-0.4, -0.2) is 10.7 Å². The van der Waals surface area contributed by atoms with Crippen molar-refractivity contribution in [3.8, 4) is 0 Å². The molecule has 0 amide bonds. The molecule has 0 radical (unpaired) electrons. The van der Waals surface area contributed by atoms with Crippen molar-refractivity contribution in [2.24, 2.45) is 5.41 Å². The Kier molecular flexibility index (Phi) is 1.63. The molecule has 1 rings (SSSR count). The molecule has 0 aliphatic heterocycles. The summed E-state index contributed by atoms with van der Waals surface area (Å²) >= 11 is 0. The van der Waals surface area contributed by atoms with Crippen LogP contribution < -0.4 is 0 Å². The summed E-state index contributed by atoms with van der Waals surface area (Å²) in [5.41, 5.74) is -0.568. The highest BCUT2D eigenvalue weighted by Gasteiger charge is 2.44. The van der Waals surface area contributed by atoms with Gasteiger partial charge in [-0.3, -0.25) is 0 Å². The summed E-state index contributed by atoms with van der Waals surface area (Å²) in [6, 6.07) is 0. The molecule has 1 heteroatoms. The molecule has 2 atom stereocenters. The highest BCUT2D eigenvalue weighted by atomic mass is 16.3. The van der Waals surface area contributed by atoms with Gasteiger partial charge in [0.25, 0.3) is 0 Å². The number of hydrogen-bond donors (Lipinski definition) is 1. The maximum atomic E-state index is 9.84. The molecule has 58 valence electrons. The summed E-state index contributed by atoms with van der Waals surface area (Å²) < 4.78 is 0. The summed E-state index contributed by atoms with van der Waals surface area (Å²) in [6.45, 7) is 7.73. The summed E-state index contributed by atoms with van der Waals surface area (Å²) in [5, 5.41) is 9.84. The fourth-order valence-corrected chi connectivity index (χ4v) is 1.68. The van der Waals surface area contributed by atoms with Gasteiger partial charge in [0.2, 0.25) is 0 Å². The minimum Gasteiger partial charge on any atom is -0.389 e. The van der Waals surface area contributed by atoms with Crippen LogP contribution in [0, 0.1) is 5.41 Å². The molecule has 0 saturated heterocycles. The molecule has 0 aromatic carbocycles. The van der Waals surface area contributed by atoms with E-state index in [0.29, 0.717) is 0 Å². The van der Waals surface area contributed by atoms with Gasteiger partial charge in [-0.05, 0) is 26.2 Å². The van der Waals surface area contributed by atoms with E-state index in [2.05, 4.69) is 13.5 Å². The van der Waals surface area contributed by atoms with Gasteiger partial charge in [-0.2, -0.15) is 0 Å². The zero-order chi connectivity index (χ0) is 7.83. The first-order valence-corrected chi connectivity index (χ1v) is 3.88. The van der Waals surface area contributed by atoms with Gasteiger partial charge in [-0.25, -0.2) is 0 Å². The minimum atomic E-state index is -0.519. The van der Waals surface area contributed by atoms with Crippen molar-refractivity contribution in [1.82, 2.24) is 0 Å². The molecular formula is C9H16O. The van der Waals surface area contributed by atoms with E-state index in [-0.39, 0.29) is 5.41 Å². The predicted molar refractivity (Wildman–Crippen MR) is 42.8 cm³/mol. The van der Waals surface area contributed by atoms with Crippen LogP contribution >= 0.6 is 0 Å². The van der Waals surface area contributed by atoms with Gasteiger partial charge in [0.05, 0.1) is 5.60 Å². The first kappa shape index (κ1) is 7.80. The molecule has 0 bridgehead atoms. The van der Waals surface area contributed by atoms with Crippen molar-refractivity contribution < 1.29 is 5.11 Å². The molecule has 1 aliphatic carbocycles. The Morgan fingerprint density at radius 1 is 1.40 bits per heavy atom. The van der Waals surface area contributed by atoms with E-state index >= 15 is 0 Å². The molecule has 0 aromatic heterocycles. The molecule has 1 saturated carbocycles. The van der Waals surface area contributed by atoms with Crippen molar-refractivity contribution in [3.63, 3.8) is 0 Å². The maximum Gasteiger partial charge on any atom is 0.0707 e. The van der Waals surface area contributed by atoms with Crippen LogP contribution in [0.5, 0.6) is 0 Å². The van der Waals surface area contributed by atoms with Crippen molar-refractivity contribution in [1.29, 1.82) is 0 Å². The van der Waals surface area contributed by atoms with Crippen LogP contribution in [0.15, 0.2) is 12.7 Å². The van der Waals surface area contributed by atoms with Crippen LogP contribution in [0.4, 0.5) is 0 Å². The third-order valence-corrected chi connectivity index (χ3v) is 3.04. The fraction of sp³-hybridized carbons (Fsp3) is 0.778. The average molecular weight is 140 g/mol. The third-order valence-electron chi connectivity index (χ3n) is 3.04. The molecule has 0 aromatic rings. The summed E-state index contributed by atoms with van der Waals surface area (Å²) in [4.78, 5) is 0. The molecule has 1 aliphatic rings. The van der Waals surface area contributed by atoms with E-state index in [0.717, 1.165) is 19.3 Å². The van der Waals surface area contributed by atoms with Crippen LogP contribution in [0.2, 0.25) is 0 Å². The number of aliphatic hydroxyl groups is 1. The van der Waals surface area contributed by atoms with Crippen molar-refractivity contribution in [2.45, 2.75) is 38.7 Å². The molecule has 1 fully saturated rings. The monoisotopic (exact) mass is 140 g/mol. The lowest BCUT2D eigenvalue weighted by atomic mass is 9.77. The first-order valence-electron chi connectivity index (χ1n) is 3.88. The zero-order valence-electron chi connectivity index (χ0n) is 6.85. The SMILES string of the molecule is C=CC1(C)CCCC1(C)O. The molecule has 10 heavy (non-hydrogen) atoms. The Morgan fingerprint density at radius 2 is 2.00 bits per heavy atom. The Balaban J connectivity index is 2.85. The van der Waals surface area contributed by atoms with E-state index < -0.39 is 5.60 Å². The van der Waals surface area contributed by atoms with Gasteiger partial charge < -0.3 is 5.11 Å². The second-order valence-corrected chi connectivity index (χ2v) is 3.75. The van der Waals surface area contributed by atoms with Gasteiger partial charge >= 0.3 is 0 Å². The highest BCUT2D eigenvalue weighted by molar-refractivity contribution is 5.07. The summed E-state index contributed by atoms with van der Waals surface area (Å²) in [5.74, 6) is 0. The Labute approximate surface area is 62.8 Å². The topological polar surface area (TPSA) is 20.2 Å².